The van der Waals surface area contributed by atoms with Gasteiger partial charge < -0.3 is 5.73 Å². The zero-order valence-corrected chi connectivity index (χ0v) is 10.6. The molecule has 0 aliphatic rings. The van der Waals surface area contributed by atoms with Crippen molar-refractivity contribution in [1.82, 2.24) is 4.98 Å². The summed E-state index contributed by atoms with van der Waals surface area (Å²) in [6.45, 7) is 1.96. The Kier molecular flexibility index (Phi) is 3.87. The van der Waals surface area contributed by atoms with E-state index in [0.29, 0.717) is 0 Å². The maximum atomic E-state index is 10.5. The lowest BCUT2D eigenvalue weighted by Gasteiger charge is -2.06. The molecular formula is C14H15N3O2. The van der Waals surface area contributed by atoms with Gasteiger partial charge in [-0.1, -0.05) is 24.3 Å². The lowest BCUT2D eigenvalue weighted by molar-refractivity contribution is -0.385. The molecular weight excluding hydrogens is 242 g/mol. The molecule has 0 bridgehead atoms. The van der Waals surface area contributed by atoms with Gasteiger partial charge in [0.15, 0.2) is 0 Å². The van der Waals surface area contributed by atoms with Gasteiger partial charge >= 0.3 is 0 Å². The van der Waals surface area contributed by atoms with E-state index < -0.39 is 4.92 Å². The van der Waals surface area contributed by atoms with Gasteiger partial charge in [0.2, 0.25) is 0 Å². The van der Waals surface area contributed by atoms with Crippen molar-refractivity contribution >= 4 is 5.69 Å². The molecule has 2 N–H and O–H groups in total. The van der Waals surface area contributed by atoms with Crippen LogP contribution in [0.5, 0.6) is 0 Å². The third-order valence-corrected chi connectivity index (χ3v) is 2.77. The Morgan fingerprint density at radius 3 is 2.42 bits per heavy atom. The average molecular weight is 257 g/mol. The van der Waals surface area contributed by atoms with Crippen molar-refractivity contribution in [2.75, 3.05) is 0 Å². The second kappa shape index (κ2) is 5.58. The fraction of sp³-hybridized carbons (Fsp3) is 0.214. The van der Waals surface area contributed by atoms with Crippen molar-refractivity contribution in [3.8, 4) is 11.3 Å². The molecule has 0 fully saturated rings. The Labute approximate surface area is 111 Å². The van der Waals surface area contributed by atoms with Gasteiger partial charge in [0, 0.05) is 17.7 Å². The lowest BCUT2D eigenvalue weighted by Crippen LogP contribution is -2.17. The molecule has 98 valence electrons. The van der Waals surface area contributed by atoms with Crippen LogP contribution in [-0.4, -0.2) is 15.9 Å². The van der Waals surface area contributed by atoms with Crippen LogP contribution < -0.4 is 5.73 Å². The first-order chi connectivity index (χ1) is 9.06. The number of rotatable bonds is 4. The van der Waals surface area contributed by atoms with Crippen LogP contribution in [0.2, 0.25) is 0 Å². The number of benzene rings is 1. The Morgan fingerprint density at radius 1 is 1.26 bits per heavy atom. The molecule has 1 atom stereocenters. The van der Waals surface area contributed by atoms with Gasteiger partial charge in [-0.25, -0.2) is 4.98 Å². The van der Waals surface area contributed by atoms with Gasteiger partial charge in [0.05, 0.1) is 10.6 Å². The molecule has 0 aliphatic carbocycles. The molecule has 1 unspecified atom stereocenters. The van der Waals surface area contributed by atoms with Gasteiger partial charge in [-0.2, -0.15) is 0 Å². The highest BCUT2D eigenvalue weighted by molar-refractivity contribution is 5.60. The molecule has 0 spiro atoms. The minimum Gasteiger partial charge on any atom is -0.328 e. The highest BCUT2D eigenvalue weighted by Crippen LogP contribution is 2.20. The molecule has 5 nitrogen and oxygen atoms in total. The number of hydrogen-bond donors (Lipinski definition) is 1. The Bertz CT molecular complexity index is 562. The molecule has 0 saturated heterocycles. The van der Waals surface area contributed by atoms with Gasteiger partial charge in [-0.05, 0) is 25.0 Å². The van der Waals surface area contributed by atoms with E-state index in [1.165, 1.54) is 17.8 Å². The summed E-state index contributed by atoms with van der Waals surface area (Å²) >= 11 is 0. The summed E-state index contributed by atoms with van der Waals surface area (Å²) in [4.78, 5) is 14.2. The van der Waals surface area contributed by atoms with Crippen molar-refractivity contribution in [2.45, 2.75) is 19.4 Å². The molecule has 19 heavy (non-hydrogen) atoms. The number of nitro groups is 1. The van der Waals surface area contributed by atoms with Crippen LogP contribution in [-0.2, 0) is 6.42 Å². The molecule has 1 aromatic carbocycles. The summed E-state index contributed by atoms with van der Waals surface area (Å²) < 4.78 is 0. The van der Waals surface area contributed by atoms with E-state index in [0.717, 1.165) is 17.7 Å². The molecule has 0 radical (unpaired) electrons. The molecule has 2 rings (SSSR count). The van der Waals surface area contributed by atoms with E-state index in [4.69, 9.17) is 5.73 Å². The van der Waals surface area contributed by atoms with E-state index in [2.05, 4.69) is 4.98 Å². The first-order valence-electron chi connectivity index (χ1n) is 6.01. The summed E-state index contributed by atoms with van der Waals surface area (Å²) in [5.74, 6) is 0. The summed E-state index contributed by atoms with van der Waals surface area (Å²) in [6.07, 6.45) is 2.10. The standard InChI is InChI=1S/C14H15N3O2/c1-10(15)8-11-2-4-12(5-3-11)14-7-6-13(9-16-14)17(18)19/h2-7,9-10H,8,15H2,1H3. The number of aromatic nitrogens is 1. The van der Waals surface area contributed by atoms with Gasteiger partial charge in [0.25, 0.3) is 5.69 Å². The van der Waals surface area contributed by atoms with Crippen LogP contribution in [0.25, 0.3) is 11.3 Å². The zero-order valence-electron chi connectivity index (χ0n) is 10.6. The third-order valence-electron chi connectivity index (χ3n) is 2.77. The number of pyridine rings is 1. The van der Waals surface area contributed by atoms with Crippen LogP contribution in [0, 0.1) is 10.1 Å². The van der Waals surface area contributed by atoms with E-state index in [1.807, 2.05) is 31.2 Å². The van der Waals surface area contributed by atoms with Crippen molar-refractivity contribution in [3.05, 3.63) is 58.3 Å². The fourth-order valence-electron chi connectivity index (χ4n) is 1.85. The van der Waals surface area contributed by atoms with Crippen molar-refractivity contribution < 1.29 is 4.92 Å². The van der Waals surface area contributed by atoms with Crippen molar-refractivity contribution in [3.63, 3.8) is 0 Å². The predicted molar refractivity (Wildman–Crippen MR) is 73.7 cm³/mol. The first-order valence-corrected chi connectivity index (χ1v) is 6.01. The summed E-state index contributed by atoms with van der Waals surface area (Å²) in [7, 11) is 0. The van der Waals surface area contributed by atoms with Crippen LogP contribution in [0.4, 0.5) is 5.69 Å². The molecule has 1 heterocycles. The second-order valence-electron chi connectivity index (χ2n) is 4.54. The van der Waals surface area contributed by atoms with Crippen molar-refractivity contribution in [1.29, 1.82) is 0 Å². The average Bonchev–Trinajstić information content (AvgIpc) is 2.39. The maximum Gasteiger partial charge on any atom is 0.287 e. The zero-order chi connectivity index (χ0) is 13.8. The van der Waals surface area contributed by atoms with E-state index in [1.54, 1.807) is 6.07 Å². The molecule has 0 aliphatic heterocycles. The highest BCUT2D eigenvalue weighted by Gasteiger charge is 2.06. The van der Waals surface area contributed by atoms with E-state index >= 15 is 0 Å². The maximum absolute atomic E-state index is 10.5. The van der Waals surface area contributed by atoms with E-state index in [-0.39, 0.29) is 11.7 Å². The number of nitrogens with zero attached hydrogens (tertiary/aromatic N) is 2. The molecule has 5 heteroatoms. The molecule has 0 amide bonds. The van der Waals surface area contributed by atoms with Gasteiger partial charge in [-0.15, -0.1) is 0 Å². The SMILES string of the molecule is CC(N)Cc1ccc(-c2ccc([N+](=O)[O-])cn2)cc1. The van der Waals surface area contributed by atoms with Crippen LogP contribution >= 0.6 is 0 Å². The van der Waals surface area contributed by atoms with E-state index in [9.17, 15) is 10.1 Å². The normalized spacial score (nSPS) is 12.1. The summed E-state index contributed by atoms with van der Waals surface area (Å²) in [6, 6.07) is 11.1. The topological polar surface area (TPSA) is 82.0 Å². The van der Waals surface area contributed by atoms with Gasteiger partial charge in [0.1, 0.15) is 6.20 Å². The Hall–Kier alpha value is -2.27. The molecule has 2 aromatic rings. The van der Waals surface area contributed by atoms with Crippen LogP contribution in [0.15, 0.2) is 42.6 Å². The summed E-state index contributed by atoms with van der Waals surface area (Å²) in [5, 5.41) is 10.5. The lowest BCUT2D eigenvalue weighted by atomic mass is 10.0. The fourth-order valence-corrected chi connectivity index (χ4v) is 1.85. The predicted octanol–water partition coefficient (Wildman–Crippen LogP) is 2.55. The van der Waals surface area contributed by atoms with Gasteiger partial charge in [-0.3, -0.25) is 10.1 Å². The minimum atomic E-state index is -0.456. The monoisotopic (exact) mass is 257 g/mol. The number of hydrogen-bond acceptors (Lipinski definition) is 4. The number of nitrogens with two attached hydrogens (primary N) is 1. The third kappa shape index (κ3) is 3.35. The second-order valence-corrected chi connectivity index (χ2v) is 4.54. The quantitative estimate of drug-likeness (QED) is 0.674. The molecule has 1 aromatic heterocycles. The Balaban J connectivity index is 2.19. The minimum absolute atomic E-state index is 0.00248. The van der Waals surface area contributed by atoms with Crippen LogP contribution in [0.3, 0.4) is 0 Å². The van der Waals surface area contributed by atoms with Crippen molar-refractivity contribution in [2.24, 2.45) is 5.73 Å². The van der Waals surface area contributed by atoms with Crippen LogP contribution in [0.1, 0.15) is 12.5 Å². The summed E-state index contributed by atoms with van der Waals surface area (Å²) in [5.41, 5.74) is 8.56. The largest absolute Gasteiger partial charge is 0.328 e. The smallest absolute Gasteiger partial charge is 0.287 e. The first kappa shape index (κ1) is 13.2. The molecule has 0 saturated carbocycles. The Morgan fingerprint density at radius 2 is 1.95 bits per heavy atom. The highest BCUT2D eigenvalue weighted by atomic mass is 16.6.